The summed E-state index contributed by atoms with van der Waals surface area (Å²) in [6.07, 6.45) is 12.7. The zero-order chi connectivity index (χ0) is 12.5. The maximum absolute atomic E-state index is 11.3. The van der Waals surface area contributed by atoms with Gasteiger partial charge in [-0.1, -0.05) is 51.4 Å². The summed E-state index contributed by atoms with van der Waals surface area (Å²) in [6.45, 7) is 3.81. The van der Waals surface area contributed by atoms with Gasteiger partial charge in [0.1, 0.15) is 0 Å². The molecule has 0 aromatic carbocycles. The van der Waals surface area contributed by atoms with E-state index in [2.05, 4.69) is 0 Å². The predicted molar refractivity (Wildman–Crippen MR) is 70.9 cm³/mol. The second kappa shape index (κ2) is 8.54. The van der Waals surface area contributed by atoms with Crippen LogP contribution in [0, 0.1) is 5.92 Å². The van der Waals surface area contributed by atoms with E-state index >= 15 is 0 Å². The smallest absolute Gasteiger partial charge is 0.306 e. The average Bonchev–Trinajstić information content (AvgIpc) is 2.29. The van der Waals surface area contributed by atoms with Crippen molar-refractivity contribution >= 4 is 5.97 Å². The van der Waals surface area contributed by atoms with Gasteiger partial charge in [0.05, 0.1) is 6.10 Å². The van der Waals surface area contributed by atoms with E-state index < -0.39 is 0 Å². The molecule has 1 aliphatic rings. The first kappa shape index (κ1) is 14.5. The third kappa shape index (κ3) is 7.40. The lowest BCUT2D eigenvalue weighted by Gasteiger charge is -2.21. The summed E-state index contributed by atoms with van der Waals surface area (Å²) >= 11 is 0. The van der Waals surface area contributed by atoms with Gasteiger partial charge in [0.2, 0.25) is 0 Å². The summed E-state index contributed by atoms with van der Waals surface area (Å²) in [7, 11) is 0. The first-order chi connectivity index (χ1) is 8.18. The molecule has 0 atom stereocenters. The lowest BCUT2D eigenvalue weighted by atomic mass is 9.85. The van der Waals surface area contributed by atoms with Crippen molar-refractivity contribution in [3.05, 3.63) is 0 Å². The van der Waals surface area contributed by atoms with Crippen LogP contribution < -0.4 is 0 Å². The van der Waals surface area contributed by atoms with Crippen LogP contribution in [0.3, 0.4) is 0 Å². The van der Waals surface area contributed by atoms with Crippen molar-refractivity contribution in [3.8, 4) is 0 Å². The third-order valence-corrected chi connectivity index (χ3v) is 3.59. The molecule has 1 saturated carbocycles. The highest BCUT2D eigenvalue weighted by molar-refractivity contribution is 5.69. The minimum Gasteiger partial charge on any atom is -0.463 e. The molecule has 0 bridgehead atoms. The molecule has 100 valence electrons. The molecule has 0 amide bonds. The van der Waals surface area contributed by atoms with E-state index in [9.17, 15) is 4.79 Å². The van der Waals surface area contributed by atoms with Gasteiger partial charge in [-0.05, 0) is 26.2 Å². The van der Waals surface area contributed by atoms with Crippen LogP contribution in [-0.2, 0) is 9.53 Å². The van der Waals surface area contributed by atoms with Gasteiger partial charge < -0.3 is 4.74 Å². The molecule has 2 heteroatoms. The quantitative estimate of drug-likeness (QED) is 0.485. The highest BCUT2D eigenvalue weighted by atomic mass is 16.5. The highest BCUT2D eigenvalue weighted by Crippen LogP contribution is 2.27. The predicted octanol–water partition coefficient (Wildman–Crippen LogP) is 4.47. The second-order valence-corrected chi connectivity index (χ2v) is 5.64. The van der Waals surface area contributed by atoms with E-state index in [1.54, 1.807) is 0 Å². The first-order valence-electron chi connectivity index (χ1n) is 7.38. The van der Waals surface area contributed by atoms with E-state index in [-0.39, 0.29) is 12.1 Å². The first-order valence-corrected chi connectivity index (χ1v) is 7.38. The highest BCUT2D eigenvalue weighted by Gasteiger charge is 2.12. The van der Waals surface area contributed by atoms with Gasteiger partial charge in [-0.15, -0.1) is 0 Å². The molecule has 0 N–H and O–H groups in total. The van der Waals surface area contributed by atoms with Crippen LogP contribution in [0.2, 0.25) is 0 Å². The Morgan fingerprint density at radius 2 is 1.82 bits per heavy atom. The molecule has 0 saturated heterocycles. The van der Waals surface area contributed by atoms with Crippen molar-refractivity contribution in [3.63, 3.8) is 0 Å². The molecule has 0 radical (unpaired) electrons. The van der Waals surface area contributed by atoms with Gasteiger partial charge in [0, 0.05) is 6.42 Å². The SMILES string of the molecule is CC(C)OC(=O)CCCCCC1CCCCC1. The fraction of sp³-hybridized carbons (Fsp3) is 0.933. The Kier molecular flexibility index (Phi) is 7.30. The lowest BCUT2D eigenvalue weighted by molar-refractivity contribution is -0.147. The molecule has 0 spiro atoms. The van der Waals surface area contributed by atoms with Crippen molar-refractivity contribution < 1.29 is 9.53 Å². The number of esters is 1. The Hall–Kier alpha value is -0.530. The van der Waals surface area contributed by atoms with Gasteiger partial charge in [-0.3, -0.25) is 4.79 Å². The van der Waals surface area contributed by atoms with Crippen LogP contribution >= 0.6 is 0 Å². The topological polar surface area (TPSA) is 26.3 Å². The number of carbonyl (C=O) groups excluding carboxylic acids is 1. The zero-order valence-electron chi connectivity index (χ0n) is 11.5. The van der Waals surface area contributed by atoms with Crippen LogP contribution in [0.15, 0.2) is 0 Å². The van der Waals surface area contributed by atoms with E-state index in [0.717, 1.165) is 12.3 Å². The summed E-state index contributed by atoms with van der Waals surface area (Å²) in [6, 6.07) is 0. The van der Waals surface area contributed by atoms with Crippen LogP contribution in [0.4, 0.5) is 0 Å². The zero-order valence-corrected chi connectivity index (χ0v) is 11.5. The number of unbranched alkanes of at least 4 members (excludes halogenated alkanes) is 2. The normalized spacial score (nSPS) is 17.4. The minimum absolute atomic E-state index is 0.0299. The largest absolute Gasteiger partial charge is 0.463 e. The van der Waals surface area contributed by atoms with Crippen molar-refractivity contribution in [2.75, 3.05) is 0 Å². The molecule has 0 unspecified atom stereocenters. The maximum atomic E-state index is 11.3. The van der Waals surface area contributed by atoms with Crippen molar-refractivity contribution in [1.29, 1.82) is 0 Å². The van der Waals surface area contributed by atoms with E-state index in [0.29, 0.717) is 6.42 Å². The molecular weight excluding hydrogens is 212 g/mol. The Bertz CT molecular complexity index is 205. The molecule has 1 aliphatic carbocycles. The van der Waals surface area contributed by atoms with Gasteiger partial charge in [-0.2, -0.15) is 0 Å². The second-order valence-electron chi connectivity index (χ2n) is 5.64. The number of ether oxygens (including phenoxy) is 1. The van der Waals surface area contributed by atoms with Crippen molar-refractivity contribution in [2.45, 2.75) is 84.2 Å². The number of carbonyl (C=O) groups is 1. The molecule has 0 aromatic rings. The van der Waals surface area contributed by atoms with E-state index in [4.69, 9.17) is 4.74 Å². The number of hydrogen-bond acceptors (Lipinski definition) is 2. The van der Waals surface area contributed by atoms with Crippen molar-refractivity contribution in [1.82, 2.24) is 0 Å². The van der Waals surface area contributed by atoms with Crippen LogP contribution in [-0.4, -0.2) is 12.1 Å². The van der Waals surface area contributed by atoms with Gasteiger partial charge >= 0.3 is 5.97 Å². The summed E-state index contributed by atoms with van der Waals surface area (Å²) in [4.78, 5) is 11.3. The molecular formula is C15H28O2. The molecule has 0 aliphatic heterocycles. The lowest BCUT2D eigenvalue weighted by Crippen LogP contribution is -2.11. The summed E-state index contributed by atoms with van der Waals surface area (Å²) in [5, 5.41) is 0. The van der Waals surface area contributed by atoms with Crippen LogP contribution in [0.25, 0.3) is 0 Å². The fourth-order valence-electron chi connectivity index (χ4n) is 2.68. The molecule has 1 rings (SSSR count). The Morgan fingerprint density at radius 1 is 1.12 bits per heavy atom. The standard InChI is InChI=1S/C15H28O2/c1-13(2)17-15(16)12-8-4-7-11-14-9-5-3-6-10-14/h13-14H,3-12H2,1-2H3. The number of rotatable bonds is 7. The maximum Gasteiger partial charge on any atom is 0.306 e. The van der Waals surface area contributed by atoms with E-state index in [1.165, 1.54) is 51.4 Å². The van der Waals surface area contributed by atoms with Gasteiger partial charge in [0.15, 0.2) is 0 Å². The van der Waals surface area contributed by atoms with E-state index in [1.807, 2.05) is 13.8 Å². The average molecular weight is 240 g/mol. The van der Waals surface area contributed by atoms with Gasteiger partial charge in [0.25, 0.3) is 0 Å². The molecule has 0 aromatic heterocycles. The monoisotopic (exact) mass is 240 g/mol. The van der Waals surface area contributed by atoms with Crippen LogP contribution in [0.5, 0.6) is 0 Å². The molecule has 0 heterocycles. The Labute approximate surface area is 106 Å². The number of hydrogen-bond donors (Lipinski definition) is 0. The molecule has 1 fully saturated rings. The van der Waals surface area contributed by atoms with Crippen molar-refractivity contribution in [2.24, 2.45) is 5.92 Å². The summed E-state index contributed by atoms with van der Waals surface area (Å²) in [5.74, 6) is 0.948. The van der Waals surface area contributed by atoms with Crippen LogP contribution in [0.1, 0.15) is 78.1 Å². The molecule has 2 nitrogen and oxygen atoms in total. The van der Waals surface area contributed by atoms with Gasteiger partial charge in [-0.25, -0.2) is 0 Å². The summed E-state index contributed by atoms with van der Waals surface area (Å²) < 4.78 is 5.11. The third-order valence-electron chi connectivity index (χ3n) is 3.59. The fourth-order valence-corrected chi connectivity index (χ4v) is 2.68. The Morgan fingerprint density at radius 3 is 2.47 bits per heavy atom. The molecule has 17 heavy (non-hydrogen) atoms. The minimum atomic E-state index is -0.0299. The summed E-state index contributed by atoms with van der Waals surface area (Å²) in [5.41, 5.74) is 0. The Balaban J connectivity index is 1.91.